The lowest BCUT2D eigenvalue weighted by atomic mass is 9.99. The van der Waals surface area contributed by atoms with Crippen LogP contribution in [0.4, 0.5) is 5.69 Å². The fourth-order valence-corrected chi connectivity index (χ4v) is 4.28. The minimum atomic E-state index is -3.89. The van der Waals surface area contributed by atoms with Crippen LogP contribution in [0.5, 0.6) is 0 Å². The highest BCUT2D eigenvalue weighted by Gasteiger charge is 2.31. The summed E-state index contributed by atoms with van der Waals surface area (Å²) < 4.78 is 27.2. The number of carboxylic acids is 1. The summed E-state index contributed by atoms with van der Waals surface area (Å²) >= 11 is 6.00. The molecular weight excluding hydrogens is 314 g/mol. The third kappa shape index (κ3) is 3.57. The van der Waals surface area contributed by atoms with Gasteiger partial charge in [0.25, 0.3) is 0 Å². The van der Waals surface area contributed by atoms with E-state index in [1.54, 1.807) is 18.2 Å². The number of carbonyl (C=O) groups is 1. The van der Waals surface area contributed by atoms with E-state index in [9.17, 15) is 18.3 Å². The number of allylic oxidation sites excluding steroid dienone is 1. The van der Waals surface area contributed by atoms with E-state index in [1.807, 2.05) is 6.92 Å². The first kappa shape index (κ1) is 15.9. The van der Waals surface area contributed by atoms with Crippen molar-refractivity contribution in [2.75, 3.05) is 4.72 Å². The van der Waals surface area contributed by atoms with E-state index in [4.69, 9.17) is 11.6 Å². The van der Waals surface area contributed by atoms with E-state index in [1.165, 1.54) is 6.08 Å². The first-order valence-corrected chi connectivity index (χ1v) is 8.43. The van der Waals surface area contributed by atoms with Gasteiger partial charge in [-0.25, -0.2) is 8.42 Å². The third-order valence-corrected chi connectivity index (χ3v) is 5.42. The number of benzene rings is 1. The summed E-state index contributed by atoms with van der Waals surface area (Å²) in [5, 5.41) is 10.2. The maximum Gasteiger partial charge on any atom is 0.239 e. The molecule has 1 atom stereocenters. The summed E-state index contributed by atoms with van der Waals surface area (Å²) in [5.74, 6) is -1.44. The zero-order chi connectivity index (χ0) is 15.6. The van der Waals surface area contributed by atoms with Gasteiger partial charge in [0, 0.05) is 0 Å². The summed E-state index contributed by atoms with van der Waals surface area (Å²) in [6, 6.07) is 4.91. The molecule has 5 nitrogen and oxygen atoms in total. The predicted octanol–water partition coefficient (Wildman–Crippen LogP) is 1.62. The van der Waals surface area contributed by atoms with Crippen LogP contribution >= 0.6 is 11.6 Å². The zero-order valence-electron chi connectivity index (χ0n) is 11.4. The largest absolute Gasteiger partial charge is 0.545 e. The van der Waals surface area contributed by atoms with E-state index in [0.29, 0.717) is 12.8 Å². The molecule has 0 saturated carbocycles. The average Bonchev–Trinajstić information content (AvgIpc) is 2.42. The summed E-state index contributed by atoms with van der Waals surface area (Å²) in [6.07, 6.45) is 2.82. The van der Waals surface area contributed by atoms with Crippen molar-refractivity contribution in [1.29, 1.82) is 0 Å². The fraction of sp³-hybridized carbons (Fsp3) is 0.357. The first-order chi connectivity index (χ1) is 9.81. The summed E-state index contributed by atoms with van der Waals surface area (Å²) in [4.78, 5) is 11.1. The molecule has 21 heavy (non-hydrogen) atoms. The standard InChI is InChI=1S/C14H16ClNO4S/c1-9-6-7-12(11(15)8-9)16-21(19,20)13-5-3-2-4-10(13)14(17)18/h4,6-8,13,16H,2-3,5H2,1H3,(H,17,18)/p-1. The van der Waals surface area contributed by atoms with Crippen LogP contribution in [0.3, 0.4) is 0 Å². The molecule has 1 aromatic carbocycles. The van der Waals surface area contributed by atoms with Crippen LogP contribution in [-0.2, 0) is 14.8 Å². The fourth-order valence-electron chi connectivity index (χ4n) is 2.31. The molecule has 0 fully saturated rings. The van der Waals surface area contributed by atoms with Gasteiger partial charge in [-0.1, -0.05) is 23.7 Å². The second kappa shape index (κ2) is 6.07. The highest BCUT2D eigenvalue weighted by Crippen LogP contribution is 2.29. The lowest BCUT2D eigenvalue weighted by molar-refractivity contribution is -0.299. The molecule has 0 aliphatic heterocycles. The average molecular weight is 329 g/mol. The second-order valence-corrected chi connectivity index (χ2v) is 7.27. The molecule has 2 rings (SSSR count). The monoisotopic (exact) mass is 328 g/mol. The lowest BCUT2D eigenvalue weighted by Crippen LogP contribution is -2.39. The third-order valence-electron chi connectivity index (χ3n) is 3.37. The molecule has 0 spiro atoms. The van der Waals surface area contributed by atoms with E-state index in [-0.39, 0.29) is 22.7 Å². The number of carbonyl (C=O) groups excluding carboxylic acids is 1. The van der Waals surface area contributed by atoms with Crippen LogP contribution in [0.25, 0.3) is 0 Å². The van der Waals surface area contributed by atoms with Gasteiger partial charge in [-0.2, -0.15) is 0 Å². The van der Waals surface area contributed by atoms with Gasteiger partial charge in [-0.15, -0.1) is 0 Å². The Morgan fingerprint density at radius 1 is 1.43 bits per heavy atom. The van der Waals surface area contributed by atoms with Crippen LogP contribution in [0, 0.1) is 6.92 Å². The minimum Gasteiger partial charge on any atom is -0.545 e. The van der Waals surface area contributed by atoms with Crippen molar-refractivity contribution >= 4 is 33.3 Å². The molecule has 1 aliphatic carbocycles. The molecule has 0 aromatic heterocycles. The summed E-state index contributed by atoms with van der Waals surface area (Å²) in [5.41, 5.74) is 0.957. The SMILES string of the molecule is Cc1ccc(NS(=O)(=O)C2CCCC=C2C(=O)[O-])c(Cl)c1. The topological polar surface area (TPSA) is 86.3 Å². The number of hydrogen-bond donors (Lipinski definition) is 1. The second-order valence-electron chi connectivity index (χ2n) is 5.00. The minimum absolute atomic E-state index is 0.183. The normalized spacial score (nSPS) is 19.0. The number of anilines is 1. The number of rotatable bonds is 4. The number of aliphatic carboxylic acids is 1. The summed E-state index contributed by atoms with van der Waals surface area (Å²) in [6.45, 7) is 1.84. The molecule has 1 aromatic rings. The highest BCUT2D eigenvalue weighted by atomic mass is 35.5. The van der Waals surface area contributed by atoms with Gasteiger partial charge in [-0.05, 0) is 49.5 Å². The Bertz CT molecular complexity index is 697. The van der Waals surface area contributed by atoms with E-state index >= 15 is 0 Å². The molecule has 114 valence electrons. The van der Waals surface area contributed by atoms with Crippen molar-refractivity contribution in [3.05, 3.63) is 40.4 Å². The molecule has 0 radical (unpaired) electrons. The Hall–Kier alpha value is -1.53. The number of hydrogen-bond acceptors (Lipinski definition) is 4. The molecule has 0 bridgehead atoms. The van der Waals surface area contributed by atoms with Crippen molar-refractivity contribution in [3.63, 3.8) is 0 Å². The van der Waals surface area contributed by atoms with Crippen molar-refractivity contribution in [1.82, 2.24) is 0 Å². The van der Waals surface area contributed by atoms with Crippen molar-refractivity contribution in [3.8, 4) is 0 Å². The molecule has 7 heteroatoms. The van der Waals surface area contributed by atoms with Crippen LogP contribution in [0.1, 0.15) is 24.8 Å². The highest BCUT2D eigenvalue weighted by molar-refractivity contribution is 7.93. The molecule has 1 aliphatic rings. The van der Waals surface area contributed by atoms with Crippen LogP contribution in [0.15, 0.2) is 29.8 Å². The van der Waals surface area contributed by atoms with Gasteiger partial charge in [-0.3, -0.25) is 4.72 Å². The zero-order valence-corrected chi connectivity index (χ0v) is 13.0. The predicted molar refractivity (Wildman–Crippen MR) is 79.5 cm³/mol. The maximum atomic E-state index is 12.4. The molecule has 1 N–H and O–H groups in total. The number of carboxylic acid groups (broad SMARTS) is 1. The van der Waals surface area contributed by atoms with E-state index in [2.05, 4.69) is 4.72 Å². The molecule has 0 saturated heterocycles. The van der Waals surface area contributed by atoms with Gasteiger partial charge >= 0.3 is 0 Å². The van der Waals surface area contributed by atoms with Gasteiger partial charge in [0.2, 0.25) is 10.0 Å². The number of sulfonamides is 1. The Labute approximate surface area is 128 Å². The smallest absolute Gasteiger partial charge is 0.239 e. The number of halogens is 1. The number of aryl methyl sites for hydroxylation is 1. The van der Waals surface area contributed by atoms with Crippen molar-refractivity contribution in [2.45, 2.75) is 31.4 Å². The lowest BCUT2D eigenvalue weighted by Gasteiger charge is -2.25. The van der Waals surface area contributed by atoms with E-state index in [0.717, 1.165) is 5.56 Å². The Kier molecular flexibility index (Phi) is 4.58. The maximum absolute atomic E-state index is 12.4. The molecular formula is C14H15ClNO4S-. The van der Waals surface area contributed by atoms with Crippen molar-refractivity contribution in [2.24, 2.45) is 0 Å². The van der Waals surface area contributed by atoms with Gasteiger partial charge in [0.15, 0.2) is 0 Å². The first-order valence-electron chi connectivity index (χ1n) is 6.50. The van der Waals surface area contributed by atoms with Crippen molar-refractivity contribution < 1.29 is 18.3 Å². The van der Waals surface area contributed by atoms with Gasteiger partial charge in [0.1, 0.15) is 5.25 Å². The molecule has 0 heterocycles. The van der Waals surface area contributed by atoms with Crippen LogP contribution in [0.2, 0.25) is 5.02 Å². The van der Waals surface area contributed by atoms with E-state index < -0.39 is 21.2 Å². The van der Waals surface area contributed by atoms with Crippen LogP contribution in [-0.4, -0.2) is 19.6 Å². The summed E-state index contributed by atoms with van der Waals surface area (Å²) in [7, 11) is -3.89. The van der Waals surface area contributed by atoms with Gasteiger partial charge < -0.3 is 9.90 Å². The Balaban J connectivity index is 2.31. The molecule has 0 amide bonds. The van der Waals surface area contributed by atoms with Crippen LogP contribution < -0.4 is 9.83 Å². The Morgan fingerprint density at radius 2 is 2.14 bits per heavy atom. The number of nitrogens with one attached hydrogen (secondary N) is 1. The quantitative estimate of drug-likeness (QED) is 0.910. The molecule has 1 unspecified atom stereocenters. The Morgan fingerprint density at radius 3 is 2.76 bits per heavy atom. The van der Waals surface area contributed by atoms with Gasteiger partial charge in [0.05, 0.1) is 16.7 Å².